The Balaban J connectivity index is 1.51. The number of para-hydroxylation sites is 2. The monoisotopic (exact) mass is 518 g/mol. The molecule has 6 rings (SSSR count). The summed E-state index contributed by atoms with van der Waals surface area (Å²) in [5.41, 5.74) is 6.43. The van der Waals surface area contributed by atoms with E-state index in [1.807, 2.05) is 88.6 Å². The SMILES string of the molecule is COc1ccc(-c2nn(-c3ccccc3)cc2C2CC(c3ccc(F)cc3)=NN2c2ccccc2)cc1OC. The predicted molar refractivity (Wildman–Crippen MR) is 151 cm³/mol. The van der Waals surface area contributed by atoms with Crippen LogP contribution in [0.2, 0.25) is 0 Å². The molecule has 194 valence electrons. The third kappa shape index (κ3) is 4.75. The summed E-state index contributed by atoms with van der Waals surface area (Å²) in [6.07, 6.45) is 2.70. The van der Waals surface area contributed by atoms with Gasteiger partial charge in [-0.05, 0) is 60.2 Å². The van der Waals surface area contributed by atoms with Gasteiger partial charge in [-0.2, -0.15) is 10.2 Å². The molecule has 0 spiro atoms. The highest BCUT2D eigenvalue weighted by atomic mass is 19.1. The molecule has 0 bridgehead atoms. The van der Waals surface area contributed by atoms with E-state index in [1.54, 1.807) is 26.4 Å². The first kappa shape index (κ1) is 24.4. The average molecular weight is 519 g/mol. The normalized spacial score (nSPS) is 14.8. The zero-order chi connectivity index (χ0) is 26.8. The van der Waals surface area contributed by atoms with Gasteiger partial charge in [0.25, 0.3) is 0 Å². The quantitative estimate of drug-likeness (QED) is 0.232. The van der Waals surface area contributed by atoms with E-state index in [9.17, 15) is 4.39 Å². The van der Waals surface area contributed by atoms with Gasteiger partial charge in [0.2, 0.25) is 0 Å². The van der Waals surface area contributed by atoms with Crippen molar-refractivity contribution in [2.45, 2.75) is 12.5 Å². The van der Waals surface area contributed by atoms with E-state index in [0.29, 0.717) is 17.9 Å². The van der Waals surface area contributed by atoms with Gasteiger partial charge in [0.15, 0.2) is 11.5 Å². The van der Waals surface area contributed by atoms with Gasteiger partial charge < -0.3 is 9.47 Å². The van der Waals surface area contributed by atoms with Crippen molar-refractivity contribution in [1.29, 1.82) is 0 Å². The number of nitrogens with zero attached hydrogens (tertiary/aromatic N) is 4. The number of hydrazone groups is 1. The molecule has 1 aromatic heterocycles. The number of hydrogen-bond donors (Lipinski definition) is 0. The van der Waals surface area contributed by atoms with E-state index < -0.39 is 0 Å². The van der Waals surface area contributed by atoms with Crippen LogP contribution in [0, 0.1) is 5.82 Å². The standard InChI is InChI=1S/C32H27FN4O2/c1-38-30-18-15-23(19-31(30)39-2)32-27(21-36(35-32)25-9-5-3-6-10-25)29-20-28(22-13-16-24(33)17-14-22)34-37(29)26-11-7-4-8-12-26/h3-19,21,29H,20H2,1-2H3. The number of hydrogen-bond acceptors (Lipinski definition) is 5. The van der Waals surface area contributed by atoms with Crippen LogP contribution in [0.25, 0.3) is 16.9 Å². The van der Waals surface area contributed by atoms with Gasteiger partial charge in [0.1, 0.15) is 5.82 Å². The lowest BCUT2D eigenvalue weighted by molar-refractivity contribution is 0.355. The highest BCUT2D eigenvalue weighted by Crippen LogP contribution is 2.42. The molecular formula is C32H27FN4O2. The largest absolute Gasteiger partial charge is 0.493 e. The Morgan fingerprint density at radius 3 is 2.05 bits per heavy atom. The number of halogens is 1. The lowest BCUT2D eigenvalue weighted by Crippen LogP contribution is -2.18. The van der Waals surface area contributed by atoms with Crippen LogP contribution in [0.3, 0.4) is 0 Å². The predicted octanol–water partition coefficient (Wildman–Crippen LogP) is 7.05. The minimum atomic E-state index is -0.270. The number of aromatic nitrogens is 2. The van der Waals surface area contributed by atoms with E-state index in [4.69, 9.17) is 19.7 Å². The third-order valence-corrected chi connectivity index (χ3v) is 6.89. The molecule has 6 nitrogen and oxygen atoms in total. The van der Waals surface area contributed by atoms with E-state index in [-0.39, 0.29) is 11.9 Å². The van der Waals surface area contributed by atoms with E-state index in [1.165, 1.54) is 12.1 Å². The van der Waals surface area contributed by atoms with Crippen molar-refractivity contribution in [3.63, 3.8) is 0 Å². The molecule has 0 saturated carbocycles. The molecule has 1 aliphatic rings. The van der Waals surface area contributed by atoms with Crippen molar-refractivity contribution in [1.82, 2.24) is 9.78 Å². The molecule has 0 amide bonds. The number of benzene rings is 4. The van der Waals surface area contributed by atoms with Crippen LogP contribution in [-0.4, -0.2) is 29.7 Å². The van der Waals surface area contributed by atoms with Gasteiger partial charge in [0, 0.05) is 23.7 Å². The van der Waals surface area contributed by atoms with Gasteiger partial charge in [-0.15, -0.1) is 0 Å². The van der Waals surface area contributed by atoms with Crippen LogP contribution in [-0.2, 0) is 0 Å². The van der Waals surface area contributed by atoms with Crippen molar-refractivity contribution < 1.29 is 13.9 Å². The molecule has 5 aromatic rings. The molecule has 1 atom stereocenters. The molecule has 4 aromatic carbocycles. The minimum Gasteiger partial charge on any atom is -0.493 e. The van der Waals surface area contributed by atoms with Crippen LogP contribution in [0.4, 0.5) is 10.1 Å². The van der Waals surface area contributed by atoms with Gasteiger partial charge >= 0.3 is 0 Å². The van der Waals surface area contributed by atoms with Crippen LogP contribution >= 0.6 is 0 Å². The summed E-state index contributed by atoms with van der Waals surface area (Å²) in [6, 6.07) is 32.3. The summed E-state index contributed by atoms with van der Waals surface area (Å²) in [7, 11) is 3.25. The second kappa shape index (κ2) is 10.5. The minimum absolute atomic E-state index is 0.145. The highest BCUT2D eigenvalue weighted by Gasteiger charge is 2.33. The maximum atomic E-state index is 13.7. The highest BCUT2D eigenvalue weighted by molar-refractivity contribution is 6.03. The van der Waals surface area contributed by atoms with Crippen molar-refractivity contribution in [3.05, 3.63) is 126 Å². The molecule has 1 unspecified atom stereocenters. The number of anilines is 1. The van der Waals surface area contributed by atoms with Gasteiger partial charge in [-0.1, -0.05) is 48.5 Å². The maximum absolute atomic E-state index is 13.7. The summed E-state index contributed by atoms with van der Waals surface area (Å²) in [6.45, 7) is 0. The molecule has 0 fully saturated rings. The average Bonchev–Trinajstić information content (AvgIpc) is 3.63. The van der Waals surface area contributed by atoms with Crippen molar-refractivity contribution in [2.75, 3.05) is 19.2 Å². The smallest absolute Gasteiger partial charge is 0.161 e. The molecule has 1 aliphatic heterocycles. The summed E-state index contributed by atoms with van der Waals surface area (Å²) in [5.74, 6) is 1.01. The van der Waals surface area contributed by atoms with Gasteiger partial charge in [-0.3, -0.25) is 5.01 Å². The molecule has 0 N–H and O–H groups in total. The Morgan fingerprint density at radius 1 is 0.744 bits per heavy atom. The lowest BCUT2D eigenvalue weighted by Gasteiger charge is -2.23. The first-order chi connectivity index (χ1) is 19.1. The summed E-state index contributed by atoms with van der Waals surface area (Å²) in [4.78, 5) is 0. The van der Waals surface area contributed by atoms with Crippen molar-refractivity contribution in [2.24, 2.45) is 5.10 Å². The van der Waals surface area contributed by atoms with E-state index in [0.717, 1.165) is 39.5 Å². The molecular weight excluding hydrogens is 491 g/mol. The summed E-state index contributed by atoms with van der Waals surface area (Å²) >= 11 is 0. The topological polar surface area (TPSA) is 51.9 Å². The van der Waals surface area contributed by atoms with Crippen molar-refractivity contribution in [3.8, 4) is 28.4 Å². The molecule has 7 heteroatoms. The summed E-state index contributed by atoms with van der Waals surface area (Å²) < 4.78 is 26.7. The Labute approximate surface area is 226 Å². The Hall–Kier alpha value is -4.91. The summed E-state index contributed by atoms with van der Waals surface area (Å²) in [5, 5.41) is 12.1. The van der Waals surface area contributed by atoms with Crippen molar-refractivity contribution >= 4 is 11.4 Å². The number of ether oxygens (including phenoxy) is 2. The van der Waals surface area contributed by atoms with Gasteiger partial charge in [0.05, 0.1) is 43.0 Å². The molecule has 39 heavy (non-hydrogen) atoms. The molecule has 0 radical (unpaired) electrons. The molecule has 2 heterocycles. The fraction of sp³-hybridized carbons (Fsp3) is 0.125. The zero-order valence-corrected chi connectivity index (χ0v) is 21.7. The first-order valence-corrected chi connectivity index (χ1v) is 12.7. The second-order valence-electron chi connectivity index (χ2n) is 9.24. The van der Waals surface area contributed by atoms with Crippen LogP contribution in [0.5, 0.6) is 11.5 Å². The first-order valence-electron chi connectivity index (χ1n) is 12.7. The Bertz CT molecular complexity index is 1620. The fourth-order valence-corrected chi connectivity index (χ4v) is 4.94. The van der Waals surface area contributed by atoms with E-state index >= 15 is 0 Å². The number of rotatable bonds is 7. The fourth-order valence-electron chi connectivity index (χ4n) is 4.94. The Morgan fingerprint density at radius 2 is 1.38 bits per heavy atom. The Kier molecular flexibility index (Phi) is 6.55. The number of methoxy groups -OCH3 is 2. The van der Waals surface area contributed by atoms with E-state index in [2.05, 4.69) is 6.20 Å². The molecule has 0 saturated heterocycles. The zero-order valence-electron chi connectivity index (χ0n) is 21.7. The van der Waals surface area contributed by atoms with Crippen LogP contribution < -0.4 is 14.5 Å². The lowest BCUT2D eigenvalue weighted by atomic mass is 9.96. The van der Waals surface area contributed by atoms with Crippen LogP contribution in [0.15, 0.2) is 114 Å². The van der Waals surface area contributed by atoms with Crippen LogP contribution in [0.1, 0.15) is 23.6 Å². The maximum Gasteiger partial charge on any atom is 0.161 e. The second-order valence-corrected chi connectivity index (χ2v) is 9.24. The third-order valence-electron chi connectivity index (χ3n) is 6.89. The van der Waals surface area contributed by atoms with Gasteiger partial charge in [-0.25, -0.2) is 9.07 Å². The molecule has 0 aliphatic carbocycles.